The second-order valence-electron chi connectivity index (χ2n) is 3.91. The largest absolute Gasteiger partial charge is 0.298 e. The van der Waals surface area contributed by atoms with E-state index < -0.39 is 0 Å². The van der Waals surface area contributed by atoms with Crippen molar-refractivity contribution in [1.29, 1.82) is 5.41 Å². The Bertz CT molecular complexity index is 516. The topological polar surface area (TPSA) is 36.7 Å². The van der Waals surface area contributed by atoms with Crippen LogP contribution in [0, 0.1) is 19.3 Å². The summed E-state index contributed by atoms with van der Waals surface area (Å²) >= 11 is 0. The van der Waals surface area contributed by atoms with Crippen LogP contribution in [0.4, 0.5) is 0 Å². The number of nitrogens with one attached hydrogen (secondary N) is 1. The van der Waals surface area contributed by atoms with Gasteiger partial charge in [0.15, 0.2) is 0 Å². The van der Waals surface area contributed by atoms with Crippen molar-refractivity contribution in [3.05, 3.63) is 65.0 Å². The highest BCUT2D eigenvalue weighted by atomic mass is 14.7. The molecule has 0 unspecified atom stereocenters. The van der Waals surface area contributed by atoms with Gasteiger partial charge in [0.05, 0.1) is 11.4 Å². The summed E-state index contributed by atoms with van der Waals surface area (Å²) in [7, 11) is 0. The van der Waals surface area contributed by atoms with Gasteiger partial charge in [-0.3, -0.25) is 10.4 Å². The fourth-order valence-electron chi connectivity index (χ4n) is 1.74. The van der Waals surface area contributed by atoms with Gasteiger partial charge in [-0.15, -0.1) is 0 Å². The average molecular weight is 210 g/mol. The van der Waals surface area contributed by atoms with Gasteiger partial charge in [0, 0.05) is 11.8 Å². The quantitative estimate of drug-likeness (QED) is 0.760. The molecule has 0 saturated heterocycles. The lowest BCUT2D eigenvalue weighted by molar-refractivity contribution is 1.26. The maximum Gasteiger partial charge on any atom is 0.0885 e. The predicted octanol–water partition coefficient (Wildman–Crippen LogP) is 3.11. The number of rotatable bonds is 2. The second kappa shape index (κ2) is 4.27. The summed E-state index contributed by atoms with van der Waals surface area (Å²) in [6.07, 6.45) is 1.72. The van der Waals surface area contributed by atoms with Gasteiger partial charge in [-0.1, -0.05) is 29.8 Å². The SMILES string of the molecule is Cc1ccc(C(=N)c2ccccn2)c(C)c1. The van der Waals surface area contributed by atoms with Crippen LogP contribution in [0.2, 0.25) is 0 Å². The highest BCUT2D eigenvalue weighted by Gasteiger charge is 2.08. The monoisotopic (exact) mass is 210 g/mol. The van der Waals surface area contributed by atoms with E-state index in [0.29, 0.717) is 5.71 Å². The van der Waals surface area contributed by atoms with Crippen molar-refractivity contribution >= 4 is 5.71 Å². The van der Waals surface area contributed by atoms with Gasteiger partial charge < -0.3 is 0 Å². The van der Waals surface area contributed by atoms with Crippen molar-refractivity contribution in [2.24, 2.45) is 0 Å². The molecule has 0 aliphatic heterocycles. The van der Waals surface area contributed by atoms with Gasteiger partial charge in [0.2, 0.25) is 0 Å². The van der Waals surface area contributed by atoms with E-state index in [9.17, 15) is 0 Å². The molecule has 2 heteroatoms. The van der Waals surface area contributed by atoms with Crippen LogP contribution in [-0.2, 0) is 0 Å². The normalized spacial score (nSPS) is 10.1. The van der Waals surface area contributed by atoms with E-state index in [1.54, 1.807) is 6.20 Å². The summed E-state index contributed by atoms with van der Waals surface area (Å²) in [5.41, 5.74) is 4.49. The first-order valence-corrected chi connectivity index (χ1v) is 5.26. The first-order valence-electron chi connectivity index (χ1n) is 5.26. The van der Waals surface area contributed by atoms with Crippen LogP contribution < -0.4 is 0 Å². The molecule has 0 bridgehead atoms. The summed E-state index contributed by atoms with van der Waals surface area (Å²) in [6, 6.07) is 11.7. The lowest BCUT2D eigenvalue weighted by Gasteiger charge is -2.07. The molecular formula is C14H14N2. The third-order valence-corrected chi connectivity index (χ3v) is 2.57. The number of pyridine rings is 1. The summed E-state index contributed by atoms with van der Waals surface area (Å²) in [5, 5.41) is 8.12. The fourth-order valence-corrected chi connectivity index (χ4v) is 1.74. The summed E-state index contributed by atoms with van der Waals surface area (Å²) in [4.78, 5) is 4.19. The number of aryl methyl sites for hydroxylation is 2. The van der Waals surface area contributed by atoms with Crippen LogP contribution in [0.15, 0.2) is 42.6 Å². The molecule has 0 amide bonds. The maximum atomic E-state index is 8.12. The van der Waals surface area contributed by atoms with Crippen LogP contribution in [0.25, 0.3) is 0 Å². The molecule has 1 N–H and O–H groups in total. The first kappa shape index (κ1) is 10.6. The molecule has 1 aromatic heterocycles. The second-order valence-corrected chi connectivity index (χ2v) is 3.91. The predicted molar refractivity (Wildman–Crippen MR) is 66.1 cm³/mol. The van der Waals surface area contributed by atoms with E-state index in [4.69, 9.17) is 5.41 Å². The number of hydrogen-bond acceptors (Lipinski definition) is 2. The molecule has 0 aliphatic rings. The van der Waals surface area contributed by atoms with Crippen LogP contribution in [0.3, 0.4) is 0 Å². The Morgan fingerprint density at radius 2 is 1.94 bits per heavy atom. The molecule has 80 valence electrons. The highest BCUT2D eigenvalue weighted by Crippen LogP contribution is 2.14. The summed E-state index contributed by atoms with van der Waals surface area (Å²) in [6.45, 7) is 4.08. The molecule has 2 nitrogen and oxygen atoms in total. The molecule has 0 saturated carbocycles. The van der Waals surface area contributed by atoms with E-state index in [2.05, 4.69) is 18.0 Å². The number of nitrogens with zero attached hydrogens (tertiary/aromatic N) is 1. The lowest BCUT2D eigenvalue weighted by Crippen LogP contribution is -2.05. The third kappa shape index (κ3) is 2.01. The van der Waals surface area contributed by atoms with Gasteiger partial charge in [-0.2, -0.15) is 0 Å². The van der Waals surface area contributed by atoms with Crippen molar-refractivity contribution in [3.8, 4) is 0 Å². The number of benzene rings is 1. The smallest absolute Gasteiger partial charge is 0.0885 e. The zero-order chi connectivity index (χ0) is 11.5. The fraction of sp³-hybridized carbons (Fsp3) is 0.143. The first-order chi connectivity index (χ1) is 7.68. The molecule has 2 aromatic rings. The minimum Gasteiger partial charge on any atom is -0.298 e. The van der Waals surface area contributed by atoms with Crippen molar-refractivity contribution in [1.82, 2.24) is 4.98 Å². The van der Waals surface area contributed by atoms with E-state index in [1.807, 2.05) is 37.3 Å². The van der Waals surface area contributed by atoms with E-state index in [-0.39, 0.29) is 0 Å². The Kier molecular flexibility index (Phi) is 2.82. The Labute approximate surface area is 95.5 Å². The summed E-state index contributed by atoms with van der Waals surface area (Å²) < 4.78 is 0. The van der Waals surface area contributed by atoms with Gasteiger partial charge >= 0.3 is 0 Å². The number of aromatic nitrogens is 1. The molecule has 0 aliphatic carbocycles. The third-order valence-electron chi connectivity index (χ3n) is 2.57. The van der Waals surface area contributed by atoms with Crippen molar-refractivity contribution < 1.29 is 0 Å². The highest BCUT2D eigenvalue weighted by molar-refractivity contribution is 6.10. The van der Waals surface area contributed by atoms with Gasteiger partial charge in [0.25, 0.3) is 0 Å². The average Bonchev–Trinajstić information content (AvgIpc) is 2.29. The molecule has 1 aromatic carbocycles. The molecule has 2 rings (SSSR count). The zero-order valence-corrected chi connectivity index (χ0v) is 9.49. The van der Waals surface area contributed by atoms with Gasteiger partial charge in [-0.05, 0) is 31.5 Å². The van der Waals surface area contributed by atoms with E-state index in [0.717, 1.165) is 16.8 Å². The van der Waals surface area contributed by atoms with Crippen LogP contribution in [0.5, 0.6) is 0 Å². The molecule has 16 heavy (non-hydrogen) atoms. The minimum atomic E-state index is 0.484. The van der Waals surface area contributed by atoms with Crippen LogP contribution >= 0.6 is 0 Å². The Balaban J connectivity index is 2.42. The molecule has 0 radical (unpaired) electrons. The van der Waals surface area contributed by atoms with Crippen molar-refractivity contribution in [2.45, 2.75) is 13.8 Å². The molecule has 1 heterocycles. The molecule has 0 spiro atoms. The standard InChI is InChI=1S/C14H14N2/c1-10-6-7-12(11(2)9-10)14(15)13-5-3-4-8-16-13/h3-9,15H,1-2H3. The molecule has 0 fully saturated rings. The van der Waals surface area contributed by atoms with E-state index >= 15 is 0 Å². The minimum absolute atomic E-state index is 0.484. The Morgan fingerprint density at radius 1 is 1.12 bits per heavy atom. The molecule has 0 atom stereocenters. The van der Waals surface area contributed by atoms with Gasteiger partial charge in [-0.25, -0.2) is 0 Å². The Hall–Kier alpha value is -1.96. The van der Waals surface area contributed by atoms with Crippen molar-refractivity contribution in [3.63, 3.8) is 0 Å². The lowest BCUT2D eigenvalue weighted by atomic mass is 10.00. The molecular weight excluding hydrogens is 196 g/mol. The Morgan fingerprint density at radius 3 is 2.56 bits per heavy atom. The van der Waals surface area contributed by atoms with Crippen LogP contribution in [-0.4, -0.2) is 10.7 Å². The van der Waals surface area contributed by atoms with E-state index in [1.165, 1.54) is 5.56 Å². The maximum absolute atomic E-state index is 8.12. The number of hydrogen-bond donors (Lipinski definition) is 1. The van der Waals surface area contributed by atoms with Crippen LogP contribution in [0.1, 0.15) is 22.4 Å². The van der Waals surface area contributed by atoms with Gasteiger partial charge in [0.1, 0.15) is 0 Å². The van der Waals surface area contributed by atoms with Crippen molar-refractivity contribution in [2.75, 3.05) is 0 Å². The summed E-state index contributed by atoms with van der Waals surface area (Å²) in [5.74, 6) is 0. The zero-order valence-electron chi connectivity index (χ0n) is 9.49.